The van der Waals surface area contributed by atoms with E-state index in [9.17, 15) is 13.2 Å². The van der Waals surface area contributed by atoms with Crippen LogP contribution in [-0.4, -0.2) is 49.8 Å². The fourth-order valence-electron chi connectivity index (χ4n) is 5.68. The highest BCUT2D eigenvalue weighted by Crippen LogP contribution is 2.42. The molecule has 1 atom stereocenters. The van der Waals surface area contributed by atoms with Gasteiger partial charge < -0.3 is 16.0 Å². The molecule has 0 saturated carbocycles. The van der Waals surface area contributed by atoms with Gasteiger partial charge in [0.15, 0.2) is 0 Å². The average Bonchev–Trinajstić information content (AvgIpc) is 3.62. The van der Waals surface area contributed by atoms with Gasteiger partial charge in [-0.1, -0.05) is 54.6 Å². The summed E-state index contributed by atoms with van der Waals surface area (Å²) in [4.78, 5) is 20.1. The molecule has 1 unspecified atom stereocenters. The second kappa shape index (κ2) is 10.4. The van der Waals surface area contributed by atoms with Gasteiger partial charge in [0.25, 0.3) is 5.91 Å². The largest absolute Gasteiger partial charge is 0.397 e. The molecule has 8 nitrogen and oxygen atoms in total. The maximum atomic E-state index is 13.1. The van der Waals surface area contributed by atoms with Crippen LogP contribution >= 0.6 is 0 Å². The molecule has 1 amide bonds. The van der Waals surface area contributed by atoms with E-state index in [2.05, 4.69) is 15.2 Å². The fourth-order valence-corrected chi connectivity index (χ4v) is 7.26. The SMILES string of the molecule is Nc1ccc(-c2ccccc2)cc1NC(=O)c1ccc(N2CCC3(CCN(S(=O)(=O)c4ccccc4)C3)C2)nc1. The first kappa shape index (κ1) is 26.0. The van der Waals surface area contributed by atoms with Gasteiger partial charge in [0.1, 0.15) is 5.82 Å². The lowest BCUT2D eigenvalue weighted by atomic mass is 9.87. The second-order valence-electron chi connectivity index (χ2n) is 10.6. The van der Waals surface area contributed by atoms with Crippen molar-refractivity contribution in [2.24, 2.45) is 5.41 Å². The molecule has 3 heterocycles. The van der Waals surface area contributed by atoms with Gasteiger partial charge in [-0.2, -0.15) is 4.31 Å². The van der Waals surface area contributed by atoms with Crippen molar-refractivity contribution in [1.82, 2.24) is 9.29 Å². The van der Waals surface area contributed by atoms with Crippen LogP contribution < -0.4 is 16.0 Å². The number of rotatable bonds is 6. The van der Waals surface area contributed by atoms with E-state index < -0.39 is 10.0 Å². The van der Waals surface area contributed by atoms with Crippen molar-refractivity contribution in [3.63, 3.8) is 0 Å². The van der Waals surface area contributed by atoms with Crippen LogP contribution in [0, 0.1) is 5.41 Å². The Morgan fingerprint density at radius 3 is 2.30 bits per heavy atom. The van der Waals surface area contributed by atoms with Crippen LogP contribution in [0.15, 0.2) is 102 Å². The standard InChI is InChI=1S/C31H31N5O3S/c32-27-13-11-24(23-7-3-1-4-8-23)19-28(27)34-30(37)25-12-14-29(33-20-25)35-17-15-31(21-35)16-18-36(22-31)40(38,39)26-9-5-2-6-10-26/h1-14,19-20H,15-18,21-22,32H2,(H,34,37). The Hall–Kier alpha value is -4.21. The molecule has 2 fully saturated rings. The molecule has 3 N–H and O–H groups in total. The number of benzene rings is 3. The molecule has 0 radical (unpaired) electrons. The zero-order valence-electron chi connectivity index (χ0n) is 22.0. The van der Waals surface area contributed by atoms with E-state index in [0.29, 0.717) is 34.9 Å². The normalized spacial score (nSPS) is 19.2. The first-order valence-electron chi connectivity index (χ1n) is 13.4. The highest BCUT2D eigenvalue weighted by Gasteiger charge is 2.47. The second-order valence-corrected chi connectivity index (χ2v) is 12.5. The lowest BCUT2D eigenvalue weighted by molar-refractivity contribution is 0.102. The van der Waals surface area contributed by atoms with E-state index in [1.807, 2.05) is 54.6 Å². The maximum absolute atomic E-state index is 13.1. The number of pyridine rings is 1. The average molecular weight is 554 g/mol. The lowest BCUT2D eigenvalue weighted by Crippen LogP contribution is -2.34. The molecule has 0 bridgehead atoms. The molecule has 204 valence electrons. The van der Waals surface area contributed by atoms with Gasteiger partial charge in [-0.3, -0.25) is 4.79 Å². The summed E-state index contributed by atoms with van der Waals surface area (Å²) in [6.45, 7) is 2.55. The zero-order chi connectivity index (χ0) is 27.7. The number of carbonyl (C=O) groups is 1. The Balaban J connectivity index is 1.11. The van der Waals surface area contributed by atoms with Crippen molar-refractivity contribution in [2.75, 3.05) is 42.1 Å². The quantitative estimate of drug-likeness (QED) is 0.330. The summed E-state index contributed by atoms with van der Waals surface area (Å²) in [7, 11) is -3.50. The topological polar surface area (TPSA) is 109 Å². The highest BCUT2D eigenvalue weighted by atomic mass is 32.2. The van der Waals surface area contributed by atoms with Gasteiger partial charge in [-0.05, 0) is 60.4 Å². The van der Waals surface area contributed by atoms with E-state index in [1.165, 1.54) is 0 Å². The molecule has 1 aromatic heterocycles. The number of nitrogens with zero attached hydrogens (tertiary/aromatic N) is 3. The zero-order valence-corrected chi connectivity index (χ0v) is 22.8. The van der Waals surface area contributed by atoms with Crippen molar-refractivity contribution in [3.05, 3.63) is 103 Å². The Morgan fingerprint density at radius 1 is 0.850 bits per heavy atom. The fraction of sp³-hybridized carbons (Fsp3) is 0.226. The Morgan fingerprint density at radius 2 is 1.57 bits per heavy atom. The molecule has 3 aromatic carbocycles. The number of carbonyl (C=O) groups excluding carboxylic acids is 1. The third-order valence-corrected chi connectivity index (χ3v) is 9.82. The summed E-state index contributed by atoms with van der Waals surface area (Å²) < 4.78 is 27.9. The summed E-state index contributed by atoms with van der Waals surface area (Å²) in [6, 6.07) is 27.7. The number of aromatic nitrogens is 1. The van der Waals surface area contributed by atoms with Crippen LogP contribution in [0.5, 0.6) is 0 Å². The molecule has 2 aliphatic heterocycles. The number of sulfonamides is 1. The molecule has 0 aliphatic carbocycles. The number of hydrogen-bond donors (Lipinski definition) is 2. The van der Waals surface area contributed by atoms with E-state index in [4.69, 9.17) is 5.73 Å². The molecule has 40 heavy (non-hydrogen) atoms. The Kier molecular flexibility index (Phi) is 6.77. The predicted molar refractivity (Wildman–Crippen MR) is 158 cm³/mol. The van der Waals surface area contributed by atoms with Gasteiger partial charge in [-0.15, -0.1) is 0 Å². The Labute approximate surface area is 234 Å². The molecular formula is C31H31N5O3S. The summed E-state index contributed by atoms with van der Waals surface area (Å²) in [5.41, 5.74) is 9.52. The van der Waals surface area contributed by atoms with Gasteiger partial charge in [0.05, 0.1) is 21.8 Å². The minimum Gasteiger partial charge on any atom is -0.397 e. The van der Waals surface area contributed by atoms with Gasteiger partial charge in [-0.25, -0.2) is 13.4 Å². The van der Waals surface area contributed by atoms with E-state index in [0.717, 1.165) is 42.9 Å². The van der Waals surface area contributed by atoms with Crippen LogP contribution in [0.2, 0.25) is 0 Å². The van der Waals surface area contributed by atoms with Crippen LogP contribution in [0.3, 0.4) is 0 Å². The van der Waals surface area contributed by atoms with Gasteiger partial charge in [0.2, 0.25) is 10.0 Å². The van der Waals surface area contributed by atoms with Crippen molar-refractivity contribution in [2.45, 2.75) is 17.7 Å². The first-order valence-corrected chi connectivity index (χ1v) is 14.8. The van der Waals surface area contributed by atoms with Crippen molar-refractivity contribution < 1.29 is 13.2 Å². The van der Waals surface area contributed by atoms with Crippen LogP contribution in [0.1, 0.15) is 23.2 Å². The highest BCUT2D eigenvalue weighted by molar-refractivity contribution is 7.89. The maximum Gasteiger partial charge on any atom is 0.257 e. The molecule has 2 aliphatic rings. The molecule has 9 heteroatoms. The third kappa shape index (κ3) is 5.05. The van der Waals surface area contributed by atoms with Crippen LogP contribution in [0.25, 0.3) is 11.1 Å². The van der Waals surface area contributed by atoms with Gasteiger partial charge >= 0.3 is 0 Å². The summed E-state index contributed by atoms with van der Waals surface area (Å²) in [6.07, 6.45) is 3.29. The third-order valence-electron chi connectivity index (χ3n) is 7.97. The number of amides is 1. The number of anilines is 3. The molecule has 4 aromatic rings. The lowest BCUT2D eigenvalue weighted by Gasteiger charge is -2.25. The minimum absolute atomic E-state index is 0.0964. The summed E-state index contributed by atoms with van der Waals surface area (Å²) in [5.74, 6) is 0.495. The Bertz CT molecular complexity index is 1630. The van der Waals surface area contributed by atoms with E-state index in [-0.39, 0.29) is 11.3 Å². The van der Waals surface area contributed by atoms with Crippen molar-refractivity contribution in [3.8, 4) is 11.1 Å². The van der Waals surface area contributed by atoms with Crippen molar-refractivity contribution in [1.29, 1.82) is 0 Å². The molecule has 2 saturated heterocycles. The first-order chi connectivity index (χ1) is 19.3. The summed E-state index contributed by atoms with van der Waals surface area (Å²) >= 11 is 0. The summed E-state index contributed by atoms with van der Waals surface area (Å²) in [5, 5.41) is 2.92. The monoisotopic (exact) mass is 553 g/mol. The molecule has 1 spiro atoms. The smallest absolute Gasteiger partial charge is 0.257 e. The molecular weight excluding hydrogens is 522 g/mol. The number of hydrogen-bond acceptors (Lipinski definition) is 6. The number of nitrogen functional groups attached to an aromatic ring is 1. The minimum atomic E-state index is -3.50. The predicted octanol–water partition coefficient (Wildman–Crippen LogP) is 4.87. The van der Waals surface area contributed by atoms with Gasteiger partial charge in [0, 0.05) is 37.8 Å². The van der Waals surface area contributed by atoms with E-state index in [1.54, 1.807) is 46.9 Å². The molecule has 6 rings (SSSR count). The van der Waals surface area contributed by atoms with Crippen LogP contribution in [-0.2, 0) is 10.0 Å². The number of nitrogens with two attached hydrogens (primary N) is 1. The van der Waals surface area contributed by atoms with Crippen LogP contribution in [0.4, 0.5) is 17.2 Å². The number of nitrogens with one attached hydrogen (secondary N) is 1. The van der Waals surface area contributed by atoms with Crippen molar-refractivity contribution >= 4 is 33.1 Å². The van der Waals surface area contributed by atoms with E-state index >= 15 is 0 Å².